The summed E-state index contributed by atoms with van der Waals surface area (Å²) in [6.07, 6.45) is 3.96. The maximum atomic E-state index is 11.8. The Kier molecular flexibility index (Phi) is 5.06. The fourth-order valence-corrected chi connectivity index (χ4v) is 3.96. The van der Waals surface area contributed by atoms with Crippen LogP contribution in [-0.2, 0) is 0 Å². The summed E-state index contributed by atoms with van der Waals surface area (Å²) < 4.78 is 0.653. The van der Waals surface area contributed by atoms with Crippen LogP contribution >= 0.6 is 15.9 Å². The molecule has 2 aromatic rings. The molecule has 0 saturated carbocycles. The number of piperidine rings is 1. The first kappa shape index (κ1) is 18.2. The Labute approximate surface area is 156 Å². The van der Waals surface area contributed by atoms with E-state index in [0.717, 1.165) is 43.5 Å². The van der Waals surface area contributed by atoms with E-state index in [4.69, 9.17) is 5.73 Å². The third-order valence-electron chi connectivity index (χ3n) is 4.43. The topological polar surface area (TPSA) is 87.0 Å². The fourth-order valence-electron chi connectivity index (χ4n) is 3.23. The van der Waals surface area contributed by atoms with Gasteiger partial charge in [0.25, 0.3) is 5.91 Å². The zero-order chi connectivity index (χ0) is 18.2. The van der Waals surface area contributed by atoms with Crippen LogP contribution in [0.25, 0.3) is 11.0 Å². The Morgan fingerprint density at radius 3 is 3.00 bits per heavy atom. The van der Waals surface area contributed by atoms with Crippen LogP contribution in [0.15, 0.2) is 10.7 Å². The summed E-state index contributed by atoms with van der Waals surface area (Å²) in [4.78, 5) is 21.4. The molecule has 0 unspecified atom stereocenters. The van der Waals surface area contributed by atoms with E-state index in [1.54, 1.807) is 6.20 Å². The second kappa shape index (κ2) is 6.96. The Balaban J connectivity index is 1.91. The van der Waals surface area contributed by atoms with Crippen molar-refractivity contribution in [3.05, 3.63) is 22.4 Å². The Bertz CT molecular complexity index is 780. The minimum Gasteiger partial charge on any atom is -0.368 e. The summed E-state index contributed by atoms with van der Waals surface area (Å²) in [5, 5.41) is 4.56. The van der Waals surface area contributed by atoms with E-state index >= 15 is 0 Å². The fraction of sp³-hybridized carbons (Fsp3) is 0.556. The van der Waals surface area contributed by atoms with Crippen molar-refractivity contribution >= 4 is 38.6 Å². The van der Waals surface area contributed by atoms with Gasteiger partial charge in [-0.25, -0.2) is 4.98 Å². The van der Waals surface area contributed by atoms with Crippen molar-refractivity contribution < 1.29 is 4.79 Å². The van der Waals surface area contributed by atoms with Crippen molar-refractivity contribution in [1.82, 2.24) is 15.3 Å². The number of nitrogens with two attached hydrogens (primary N) is 1. The van der Waals surface area contributed by atoms with E-state index in [-0.39, 0.29) is 11.1 Å². The maximum absolute atomic E-state index is 11.8. The predicted octanol–water partition coefficient (Wildman–Crippen LogP) is 2.83. The molecule has 25 heavy (non-hydrogen) atoms. The molecular weight excluding hydrogens is 382 g/mol. The number of primary amides is 1. The molecule has 1 aliphatic rings. The van der Waals surface area contributed by atoms with Crippen LogP contribution in [0.1, 0.15) is 44.1 Å². The molecule has 0 spiro atoms. The van der Waals surface area contributed by atoms with Gasteiger partial charge in [0.2, 0.25) is 0 Å². The summed E-state index contributed by atoms with van der Waals surface area (Å²) in [6, 6.07) is 3.62. The number of carbonyl (C=O) groups excluding carboxylic acids is 1. The van der Waals surface area contributed by atoms with Gasteiger partial charge in [0.1, 0.15) is 11.3 Å². The van der Waals surface area contributed by atoms with Crippen molar-refractivity contribution in [3.63, 3.8) is 0 Å². The van der Waals surface area contributed by atoms with Crippen LogP contribution in [0.2, 0.25) is 0 Å². The van der Waals surface area contributed by atoms with Crippen molar-refractivity contribution in [2.75, 3.05) is 24.5 Å². The Morgan fingerprint density at radius 2 is 2.32 bits per heavy atom. The number of hydrogen-bond donors (Lipinski definition) is 3. The number of halogens is 1. The van der Waals surface area contributed by atoms with Gasteiger partial charge in [0.15, 0.2) is 0 Å². The maximum Gasteiger partial charge on any atom is 0.268 e. The van der Waals surface area contributed by atoms with Gasteiger partial charge in [-0.15, -0.1) is 0 Å². The standard InChI is InChI=1S/C18H25BrN5O/c1-18(2,3)10-22-11-5-4-8-24(9-11)15-12-6-7-21-17(12)23-14(13(15)19)16(20)25/h7,11,22H,4-5,8-10H2,1-3H3,(H2,20,25)(H,21,23)/t11-/m1/s1. The number of aromatic amines is 1. The van der Waals surface area contributed by atoms with Crippen LogP contribution in [0, 0.1) is 11.5 Å². The van der Waals surface area contributed by atoms with E-state index in [0.29, 0.717) is 16.2 Å². The van der Waals surface area contributed by atoms with Gasteiger partial charge in [0.05, 0.1) is 15.5 Å². The molecule has 0 aromatic carbocycles. The molecule has 1 radical (unpaired) electrons. The van der Waals surface area contributed by atoms with Crippen LogP contribution in [0.5, 0.6) is 0 Å². The highest BCUT2D eigenvalue weighted by molar-refractivity contribution is 9.10. The molecule has 7 heteroatoms. The first-order valence-electron chi connectivity index (χ1n) is 8.62. The highest BCUT2D eigenvalue weighted by Gasteiger charge is 2.27. The zero-order valence-corrected chi connectivity index (χ0v) is 16.5. The Hall–Kier alpha value is -1.60. The summed E-state index contributed by atoms with van der Waals surface area (Å²) in [5.41, 5.74) is 7.59. The third-order valence-corrected chi connectivity index (χ3v) is 5.18. The molecular formula is C18H25BrN5O. The van der Waals surface area contributed by atoms with E-state index in [1.165, 1.54) is 0 Å². The van der Waals surface area contributed by atoms with E-state index in [2.05, 4.69) is 63.0 Å². The molecule has 2 aromatic heterocycles. The number of fused-ring (bicyclic) bond motifs is 1. The number of nitrogens with zero attached hydrogens (tertiary/aromatic N) is 2. The van der Waals surface area contributed by atoms with Gasteiger partial charge in [0, 0.05) is 37.9 Å². The number of pyridine rings is 1. The van der Waals surface area contributed by atoms with Crippen LogP contribution < -0.4 is 16.0 Å². The van der Waals surface area contributed by atoms with Gasteiger partial charge in [-0.3, -0.25) is 4.79 Å². The van der Waals surface area contributed by atoms with E-state index in [9.17, 15) is 4.79 Å². The van der Waals surface area contributed by atoms with E-state index < -0.39 is 5.91 Å². The molecule has 0 aliphatic carbocycles. The third kappa shape index (κ3) is 3.98. The molecule has 1 aliphatic heterocycles. The number of carbonyl (C=O) groups is 1. The van der Waals surface area contributed by atoms with Crippen LogP contribution in [0.3, 0.4) is 0 Å². The molecule has 1 saturated heterocycles. The smallest absolute Gasteiger partial charge is 0.268 e. The highest BCUT2D eigenvalue weighted by atomic mass is 79.9. The first-order valence-corrected chi connectivity index (χ1v) is 9.42. The number of H-pyrrole nitrogens is 1. The molecule has 135 valence electrons. The lowest BCUT2D eigenvalue weighted by Crippen LogP contribution is -2.48. The largest absolute Gasteiger partial charge is 0.368 e. The molecule has 3 rings (SSSR count). The van der Waals surface area contributed by atoms with Crippen LogP contribution in [0.4, 0.5) is 5.69 Å². The summed E-state index contributed by atoms with van der Waals surface area (Å²) in [6.45, 7) is 9.49. The van der Waals surface area contributed by atoms with Crippen molar-refractivity contribution in [3.8, 4) is 0 Å². The lowest BCUT2D eigenvalue weighted by molar-refractivity contribution is 0.0995. The number of rotatable bonds is 4. The van der Waals surface area contributed by atoms with Gasteiger partial charge in [-0.1, -0.05) is 20.8 Å². The number of nitrogens with one attached hydrogen (secondary N) is 2. The summed E-state index contributed by atoms with van der Waals surface area (Å²) in [7, 11) is 0. The minimum absolute atomic E-state index is 0.250. The average Bonchev–Trinajstić information content (AvgIpc) is 2.99. The minimum atomic E-state index is -0.538. The second-order valence-corrected chi connectivity index (χ2v) is 8.66. The number of anilines is 1. The first-order chi connectivity index (χ1) is 11.8. The normalized spacial score (nSPS) is 18.7. The quantitative estimate of drug-likeness (QED) is 0.728. The zero-order valence-electron chi connectivity index (χ0n) is 14.9. The lowest BCUT2D eigenvalue weighted by Gasteiger charge is -2.37. The SMILES string of the molecule is CC(C)(C)CN[C@@H]1CCCN(c2c(Br)c(C(N)=O)nc3[nH]c[c]c23)C1. The highest BCUT2D eigenvalue weighted by Crippen LogP contribution is 2.36. The molecule has 1 fully saturated rings. The van der Waals surface area contributed by atoms with Crippen molar-refractivity contribution in [2.24, 2.45) is 11.1 Å². The molecule has 1 atom stereocenters. The molecule has 1 amide bonds. The number of amides is 1. The summed E-state index contributed by atoms with van der Waals surface area (Å²) >= 11 is 3.55. The molecule has 6 nitrogen and oxygen atoms in total. The van der Waals surface area contributed by atoms with Gasteiger partial charge < -0.3 is 20.9 Å². The van der Waals surface area contributed by atoms with Crippen molar-refractivity contribution in [2.45, 2.75) is 39.7 Å². The van der Waals surface area contributed by atoms with Crippen molar-refractivity contribution in [1.29, 1.82) is 0 Å². The molecule has 3 heterocycles. The molecule has 0 bridgehead atoms. The molecule has 4 N–H and O–H groups in total. The van der Waals surface area contributed by atoms with E-state index in [1.807, 2.05) is 0 Å². The van der Waals surface area contributed by atoms with Gasteiger partial charge >= 0.3 is 0 Å². The Morgan fingerprint density at radius 1 is 1.56 bits per heavy atom. The average molecular weight is 407 g/mol. The monoisotopic (exact) mass is 406 g/mol. The second-order valence-electron chi connectivity index (χ2n) is 7.87. The van der Waals surface area contributed by atoms with Gasteiger partial charge in [-0.2, -0.15) is 0 Å². The van der Waals surface area contributed by atoms with Gasteiger partial charge in [-0.05, 0) is 34.2 Å². The van der Waals surface area contributed by atoms with Crippen LogP contribution in [-0.4, -0.2) is 41.6 Å². The number of aromatic nitrogens is 2. The predicted molar refractivity (Wildman–Crippen MR) is 104 cm³/mol. The number of hydrogen-bond acceptors (Lipinski definition) is 4. The lowest BCUT2D eigenvalue weighted by atomic mass is 9.95. The summed E-state index contributed by atoms with van der Waals surface area (Å²) in [5.74, 6) is -0.538.